The molecule has 0 fully saturated rings. The maximum atomic E-state index is 13.8. The molecule has 3 aromatic carbocycles. The van der Waals surface area contributed by atoms with Crippen LogP contribution in [0.5, 0.6) is 17.2 Å². The molecule has 0 bridgehead atoms. The first kappa shape index (κ1) is 23.8. The number of hydrogen-bond donors (Lipinski definition) is 0. The van der Waals surface area contributed by atoms with Crippen LogP contribution in [0.25, 0.3) is 11.0 Å². The molecule has 1 aliphatic heterocycles. The van der Waals surface area contributed by atoms with E-state index in [1.165, 1.54) is 21.3 Å². The summed E-state index contributed by atoms with van der Waals surface area (Å²) in [4.78, 5) is 29.2. The van der Waals surface area contributed by atoms with E-state index in [0.717, 1.165) is 11.1 Å². The van der Waals surface area contributed by atoms with Crippen molar-refractivity contribution in [2.45, 2.75) is 19.5 Å². The van der Waals surface area contributed by atoms with Gasteiger partial charge in [0.15, 0.2) is 16.9 Å². The number of rotatable bonds is 6. The molecule has 8 heteroatoms. The van der Waals surface area contributed by atoms with Gasteiger partial charge in [0.2, 0.25) is 11.5 Å². The lowest BCUT2D eigenvalue weighted by Crippen LogP contribution is -2.29. The fraction of sp³-hybridized carbons (Fsp3) is 0.214. The molecule has 2 heterocycles. The van der Waals surface area contributed by atoms with Crippen molar-refractivity contribution >= 4 is 28.5 Å². The summed E-state index contributed by atoms with van der Waals surface area (Å²) >= 11 is 6.44. The number of carbonyl (C=O) groups excluding carboxylic acids is 1. The van der Waals surface area contributed by atoms with Crippen molar-refractivity contribution < 1.29 is 23.4 Å². The third kappa shape index (κ3) is 3.76. The van der Waals surface area contributed by atoms with Gasteiger partial charge in [-0.1, -0.05) is 41.4 Å². The van der Waals surface area contributed by atoms with E-state index >= 15 is 0 Å². The van der Waals surface area contributed by atoms with E-state index in [4.69, 9.17) is 30.2 Å². The molecule has 1 atom stereocenters. The second-order valence-electron chi connectivity index (χ2n) is 8.56. The summed E-state index contributed by atoms with van der Waals surface area (Å²) in [7, 11) is 4.54. The fourth-order valence-corrected chi connectivity index (χ4v) is 4.91. The van der Waals surface area contributed by atoms with Gasteiger partial charge in [-0.2, -0.15) is 0 Å². The van der Waals surface area contributed by atoms with Crippen LogP contribution in [0.15, 0.2) is 63.8 Å². The number of aryl methyl sites for hydroxylation is 1. The summed E-state index contributed by atoms with van der Waals surface area (Å²) in [5.41, 5.74) is 2.63. The van der Waals surface area contributed by atoms with E-state index in [1.54, 1.807) is 35.2 Å². The van der Waals surface area contributed by atoms with E-state index in [0.29, 0.717) is 38.8 Å². The number of methoxy groups -OCH3 is 3. The predicted molar refractivity (Wildman–Crippen MR) is 136 cm³/mol. The van der Waals surface area contributed by atoms with Gasteiger partial charge in [-0.15, -0.1) is 0 Å². The van der Waals surface area contributed by atoms with Crippen LogP contribution in [-0.4, -0.2) is 32.1 Å². The molecule has 0 N–H and O–H groups in total. The average Bonchev–Trinajstić information content (AvgIpc) is 3.16. The molecular formula is C28H24ClNO6. The molecule has 1 aliphatic rings. The van der Waals surface area contributed by atoms with Crippen molar-refractivity contribution in [3.8, 4) is 17.2 Å². The van der Waals surface area contributed by atoms with Gasteiger partial charge in [-0.05, 0) is 48.4 Å². The topological polar surface area (TPSA) is 78.2 Å². The Morgan fingerprint density at radius 3 is 2.28 bits per heavy atom. The zero-order valence-electron chi connectivity index (χ0n) is 20.3. The molecule has 1 unspecified atom stereocenters. The van der Waals surface area contributed by atoms with Crippen LogP contribution < -0.4 is 19.6 Å². The summed E-state index contributed by atoms with van der Waals surface area (Å²) in [6.45, 7) is 2.07. The third-order valence-electron chi connectivity index (χ3n) is 6.42. The Bertz CT molecular complexity index is 1530. The highest BCUT2D eigenvalue weighted by atomic mass is 35.5. The fourth-order valence-electron chi connectivity index (χ4n) is 4.71. The molecule has 0 saturated heterocycles. The molecule has 7 nitrogen and oxygen atoms in total. The third-order valence-corrected chi connectivity index (χ3v) is 6.79. The standard InChI is InChI=1S/C28H24ClNO6/c1-15-9-10-20-18(11-15)25(31)23-24(17-12-21(33-2)26(35-4)22(13-17)34-3)30(28(32)27(23)36-20)14-16-7-5-6-8-19(16)29/h5-13,24H,14H2,1-4H3. The first-order valence-corrected chi connectivity index (χ1v) is 11.7. The number of amides is 1. The van der Waals surface area contributed by atoms with Crippen molar-refractivity contribution in [3.63, 3.8) is 0 Å². The Hall–Kier alpha value is -3.97. The Balaban J connectivity index is 1.78. The quantitative estimate of drug-likeness (QED) is 0.343. The second-order valence-corrected chi connectivity index (χ2v) is 8.97. The zero-order valence-corrected chi connectivity index (χ0v) is 21.0. The summed E-state index contributed by atoms with van der Waals surface area (Å²) < 4.78 is 22.6. The van der Waals surface area contributed by atoms with E-state index in [9.17, 15) is 9.59 Å². The first-order chi connectivity index (χ1) is 17.4. The van der Waals surface area contributed by atoms with Gasteiger partial charge in [0.25, 0.3) is 5.91 Å². The average molecular weight is 506 g/mol. The van der Waals surface area contributed by atoms with Gasteiger partial charge >= 0.3 is 0 Å². The van der Waals surface area contributed by atoms with Crippen LogP contribution >= 0.6 is 11.6 Å². The van der Waals surface area contributed by atoms with Gasteiger partial charge in [0, 0.05) is 11.6 Å². The number of ether oxygens (including phenoxy) is 3. The van der Waals surface area contributed by atoms with E-state index in [1.807, 2.05) is 31.2 Å². The van der Waals surface area contributed by atoms with Crippen LogP contribution in [0.2, 0.25) is 5.02 Å². The van der Waals surface area contributed by atoms with Crippen LogP contribution in [-0.2, 0) is 6.54 Å². The summed E-state index contributed by atoms with van der Waals surface area (Å²) in [5, 5.41) is 0.934. The van der Waals surface area contributed by atoms with Gasteiger partial charge < -0.3 is 23.5 Å². The summed E-state index contributed by atoms with van der Waals surface area (Å²) in [6, 6.07) is 15.3. The monoisotopic (exact) mass is 505 g/mol. The lowest BCUT2D eigenvalue weighted by molar-refractivity contribution is 0.0714. The number of fused-ring (bicyclic) bond motifs is 2. The normalized spacial score (nSPS) is 14.8. The molecule has 1 amide bonds. The molecular weight excluding hydrogens is 482 g/mol. The number of nitrogens with zero attached hydrogens (tertiary/aromatic N) is 1. The molecule has 0 radical (unpaired) electrons. The molecule has 0 aliphatic carbocycles. The molecule has 0 saturated carbocycles. The van der Waals surface area contributed by atoms with Crippen molar-refractivity contribution in [1.82, 2.24) is 4.90 Å². The molecule has 0 spiro atoms. The summed E-state index contributed by atoms with van der Waals surface area (Å²) in [6.07, 6.45) is 0. The molecule has 36 heavy (non-hydrogen) atoms. The maximum Gasteiger partial charge on any atom is 0.291 e. The van der Waals surface area contributed by atoms with Crippen LogP contribution in [0.4, 0.5) is 0 Å². The van der Waals surface area contributed by atoms with E-state index < -0.39 is 11.9 Å². The van der Waals surface area contributed by atoms with Crippen molar-refractivity contribution in [3.05, 3.63) is 97.9 Å². The minimum Gasteiger partial charge on any atom is -0.493 e. The lowest BCUT2D eigenvalue weighted by atomic mass is 9.97. The van der Waals surface area contributed by atoms with Gasteiger partial charge in [0.05, 0.1) is 38.3 Å². The van der Waals surface area contributed by atoms with Gasteiger partial charge in [0.1, 0.15) is 5.58 Å². The highest BCUT2D eigenvalue weighted by Gasteiger charge is 2.43. The van der Waals surface area contributed by atoms with E-state index in [-0.39, 0.29) is 23.3 Å². The number of carbonyl (C=O) groups is 1. The van der Waals surface area contributed by atoms with E-state index in [2.05, 4.69) is 0 Å². The SMILES string of the molecule is COc1cc(C2c3c(oc4ccc(C)cc4c3=O)C(=O)N2Cc2ccccc2Cl)cc(OC)c1OC. The van der Waals surface area contributed by atoms with Gasteiger partial charge in [-0.3, -0.25) is 9.59 Å². The minimum atomic E-state index is -0.765. The molecule has 5 rings (SSSR count). The van der Waals surface area contributed by atoms with Crippen molar-refractivity contribution in [2.24, 2.45) is 0 Å². The van der Waals surface area contributed by atoms with Crippen LogP contribution in [0.1, 0.15) is 38.9 Å². The Kier molecular flexibility index (Phi) is 6.10. The minimum absolute atomic E-state index is 0.0159. The number of hydrogen-bond acceptors (Lipinski definition) is 6. The number of halogens is 1. The molecule has 1 aromatic heterocycles. The van der Waals surface area contributed by atoms with Crippen molar-refractivity contribution in [1.29, 1.82) is 0 Å². The molecule has 184 valence electrons. The Morgan fingerprint density at radius 1 is 0.944 bits per heavy atom. The number of benzene rings is 3. The second kappa shape index (κ2) is 9.24. The molecule has 4 aromatic rings. The Morgan fingerprint density at radius 2 is 1.64 bits per heavy atom. The maximum absolute atomic E-state index is 13.8. The highest BCUT2D eigenvalue weighted by molar-refractivity contribution is 6.31. The zero-order chi connectivity index (χ0) is 25.6. The van der Waals surface area contributed by atoms with Crippen LogP contribution in [0.3, 0.4) is 0 Å². The largest absolute Gasteiger partial charge is 0.493 e. The van der Waals surface area contributed by atoms with Crippen LogP contribution in [0, 0.1) is 6.92 Å². The Labute approximate surface area is 212 Å². The first-order valence-electron chi connectivity index (χ1n) is 11.3. The highest BCUT2D eigenvalue weighted by Crippen LogP contribution is 2.45. The lowest BCUT2D eigenvalue weighted by Gasteiger charge is -2.26. The predicted octanol–water partition coefficient (Wildman–Crippen LogP) is 5.53. The smallest absolute Gasteiger partial charge is 0.291 e. The van der Waals surface area contributed by atoms with Crippen molar-refractivity contribution in [2.75, 3.05) is 21.3 Å². The van der Waals surface area contributed by atoms with Gasteiger partial charge in [-0.25, -0.2) is 0 Å². The summed E-state index contributed by atoms with van der Waals surface area (Å²) in [5.74, 6) is 0.843.